The summed E-state index contributed by atoms with van der Waals surface area (Å²) in [6.07, 6.45) is 0. The summed E-state index contributed by atoms with van der Waals surface area (Å²) >= 11 is 0. The minimum Gasteiger partial charge on any atom is -0.162 e. The summed E-state index contributed by atoms with van der Waals surface area (Å²) in [6, 6.07) is 9.24. The van der Waals surface area contributed by atoms with Crippen LogP contribution in [-0.4, -0.2) is 14.1 Å². The van der Waals surface area contributed by atoms with Gasteiger partial charge in [-0.05, 0) is 17.0 Å². The molecule has 0 aliphatic heterocycles. The smallest absolute Gasteiger partial charge is 0.162 e. The second kappa shape index (κ2) is 4.51. The molecule has 68 valence electrons. The fourth-order valence-electron chi connectivity index (χ4n) is 0.832. The molecule has 0 aromatic heterocycles. The summed E-state index contributed by atoms with van der Waals surface area (Å²) in [5, 5.41) is 3.52. The molecule has 5 heteroatoms. The van der Waals surface area contributed by atoms with E-state index in [0.29, 0.717) is 5.71 Å². The van der Waals surface area contributed by atoms with Crippen molar-refractivity contribution in [1.29, 1.82) is 0 Å². The molecule has 0 saturated carbocycles. The molecule has 13 heavy (non-hydrogen) atoms. The third-order valence-corrected chi connectivity index (χ3v) is 1.66. The van der Waals surface area contributed by atoms with Gasteiger partial charge in [-0.3, -0.25) is 0 Å². The van der Waals surface area contributed by atoms with Crippen LogP contribution in [0.15, 0.2) is 39.9 Å². The van der Waals surface area contributed by atoms with E-state index in [1.807, 2.05) is 30.3 Å². The fraction of sp³-hybridized carbons (Fsp3) is 0.125. The molecule has 0 heterocycles. The SMILES string of the molecule is CC(=NN=S(=O)=O)c1ccccc1. The van der Waals surface area contributed by atoms with E-state index < -0.39 is 10.5 Å². The van der Waals surface area contributed by atoms with Crippen LogP contribution in [-0.2, 0) is 10.5 Å². The van der Waals surface area contributed by atoms with Gasteiger partial charge >= 0.3 is 10.5 Å². The minimum absolute atomic E-state index is 0.574. The monoisotopic (exact) mass is 196 g/mol. The van der Waals surface area contributed by atoms with Crippen LogP contribution in [0.1, 0.15) is 12.5 Å². The number of hydrogen-bond acceptors (Lipinski definition) is 3. The van der Waals surface area contributed by atoms with Crippen LogP contribution >= 0.6 is 0 Å². The van der Waals surface area contributed by atoms with Crippen LogP contribution in [0.4, 0.5) is 0 Å². The maximum atomic E-state index is 10.1. The molecule has 0 fully saturated rings. The largest absolute Gasteiger partial charge is 0.334 e. The Hall–Kier alpha value is -1.49. The zero-order valence-corrected chi connectivity index (χ0v) is 7.82. The summed E-state index contributed by atoms with van der Waals surface area (Å²) in [6.45, 7) is 1.70. The second-order valence-corrected chi connectivity index (χ2v) is 2.95. The van der Waals surface area contributed by atoms with Crippen molar-refractivity contribution in [1.82, 2.24) is 0 Å². The first kappa shape index (κ1) is 9.60. The predicted molar refractivity (Wildman–Crippen MR) is 50.0 cm³/mol. The molecule has 0 N–H and O–H groups in total. The van der Waals surface area contributed by atoms with Crippen molar-refractivity contribution >= 4 is 16.2 Å². The van der Waals surface area contributed by atoms with Crippen LogP contribution in [0, 0.1) is 0 Å². The summed E-state index contributed by atoms with van der Waals surface area (Å²) in [5.74, 6) is 0. The van der Waals surface area contributed by atoms with Gasteiger partial charge in [0.25, 0.3) is 0 Å². The normalized spacial score (nSPS) is 11.0. The van der Waals surface area contributed by atoms with Crippen LogP contribution in [0.5, 0.6) is 0 Å². The Morgan fingerprint density at radius 2 is 1.85 bits per heavy atom. The Bertz CT molecular complexity index is 426. The van der Waals surface area contributed by atoms with Gasteiger partial charge in [0.15, 0.2) is 0 Å². The second-order valence-electron chi connectivity index (χ2n) is 2.35. The molecule has 0 atom stereocenters. The Kier molecular flexibility index (Phi) is 3.33. The molecule has 0 radical (unpaired) electrons. The maximum Gasteiger partial charge on any atom is 0.334 e. The summed E-state index contributed by atoms with van der Waals surface area (Å²) in [5.41, 5.74) is 1.43. The van der Waals surface area contributed by atoms with Gasteiger partial charge in [-0.1, -0.05) is 30.3 Å². The number of rotatable bonds is 2. The van der Waals surface area contributed by atoms with Gasteiger partial charge < -0.3 is 0 Å². The first-order chi connectivity index (χ1) is 6.20. The van der Waals surface area contributed by atoms with E-state index in [9.17, 15) is 8.42 Å². The first-order valence-electron chi connectivity index (χ1n) is 3.60. The van der Waals surface area contributed by atoms with Crippen LogP contribution in [0.25, 0.3) is 0 Å². The number of benzene rings is 1. The molecule has 0 aliphatic carbocycles. The summed E-state index contributed by atoms with van der Waals surface area (Å²) < 4.78 is 23.1. The van der Waals surface area contributed by atoms with E-state index >= 15 is 0 Å². The number of hydrogen-bond donors (Lipinski definition) is 0. The average molecular weight is 196 g/mol. The zero-order chi connectivity index (χ0) is 9.68. The van der Waals surface area contributed by atoms with Gasteiger partial charge in [0.1, 0.15) is 0 Å². The molecule has 1 aromatic rings. The lowest BCUT2D eigenvalue weighted by atomic mass is 10.1. The highest BCUT2D eigenvalue weighted by Crippen LogP contribution is 2.00. The summed E-state index contributed by atoms with van der Waals surface area (Å²) in [4.78, 5) is 0. The van der Waals surface area contributed by atoms with Crippen LogP contribution in [0.2, 0.25) is 0 Å². The first-order valence-corrected chi connectivity index (χ1v) is 4.63. The molecule has 1 aromatic carbocycles. The average Bonchev–Trinajstić information content (AvgIpc) is 2.15. The quantitative estimate of drug-likeness (QED) is 0.531. The van der Waals surface area contributed by atoms with Crippen molar-refractivity contribution < 1.29 is 8.42 Å². The molecule has 4 nitrogen and oxygen atoms in total. The van der Waals surface area contributed by atoms with Crippen molar-refractivity contribution in [3.05, 3.63) is 35.9 Å². The van der Waals surface area contributed by atoms with Crippen LogP contribution in [0.3, 0.4) is 0 Å². The van der Waals surface area contributed by atoms with Gasteiger partial charge in [-0.25, -0.2) is 0 Å². The van der Waals surface area contributed by atoms with E-state index in [-0.39, 0.29) is 0 Å². The minimum atomic E-state index is -2.47. The van der Waals surface area contributed by atoms with Crippen molar-refractivity contribution in [3.63, 3.8) is 0 Å². The Morgan fingerprint density at radius 1 is 1.23 bits per heavy atom. The van der Waals surface area contributed by atoms with Crippen molar-refractivity contribution in [2.45, 2.75) is 6.92 Å². The Labute approximate surface area is 77.6 Å². The molecule has 0 unspecified atom stereocenters. The highest BCUT2D eigenvalue weighted by atomic mass is 32.2. The Morgan fingerprint density at radius 3 is 2.38 bits per heavy atom. The lowest BCUT2D eigenvalue weighted by Gasteiger charge is -1.94. The van der Waals surface area contributed by atoms with Crippen molar-refractivity contribution in [2.75, 3.05) is 0 Å². The van der Waals surface area contributed by atoms with Gasteiger partial charge in [-0.2, -0.15) is 8.42 Å². The predicted octanol–water partition coefficient (Wildman–Crippen LogP) is 1.47. The Balaban J connectivity index is 2.98. The standard InChI is InChI=1S/C8H8N2O2S/c1-7(9-10-13(11)12)8-5-3-2-4-6-8/h2-6H,1H3. The zero-order valence-electron chi connectivity index (χ0n) is 7.01. The molecule has 1 rings (SSSR count). The third kappa shape index (κ3) is 3.16. The van der Waals surface area contributed by atoms with E-state index in [4.69, 9.17) is 0 Å². The molecule has 0 aliphatic rings. The van der Waals surface area contributed by atoms with Crippen LogP contribution < -0.4 is 0 Å². The number of nitrogens with zero attached hydrogens (tertiary/aromatic N) is 2. The van der Waals surface area contributed by atoms with Gasteiger partial charge in [0, 0.05) is 0 Å². The topological polar surface area (TPSA) is 58.9 Å². The van der Waals surface area contributed by atoms with E-state index in [1.165, 1.54) is 0 Å². The van der Waals surface area contributed by atoms with Gasteiger partial charge in [-0.15, -0.1) is 5.10 Å². The molecule has 0 amide bonds. The molecule has 0 spiro atoms. The summed E-state index contributed by atoms with van der Waals surface area (Å²) in [7, 11) is -2.47. The molecule has 0 bridgehead atoms. The third-order valence-electron chi connectivity index (χ3n) is 1.45. The molecule has 0 saturated heterocycles. The van der Waals surface area contributed by atoms with Crippen molar-refractivity contribution in [2.24, 2.45) is 9.57 Å². The van der Waals surface area contributed by atoms with Gasteiger partial charge in [0.05, 0.1) is 5.71 Å². The lowest BCUT2D eigenvalue weighted by molar-refractivity contribution is 0.621. The van der Waals surface area contributed by atoms with Gasteiger partial charge in [0.2, 0.25) is 0 Å². The lowest BCUT2D eigenvalue weighted by Crippen LogP contribution is -1.91. The highest BCUT2D eigenvalue weighted by Gasteiger charge is 1.93. The fourth-order valence-corrected chi connectivity index (χ4v) is 1.02. The van der Waals surface area contributed by atoms with E-state index in [0.717, 1.165) is 5.56 Å². The van der Waals surface area contributed by atoms with E-state index in [1.54, 1.807) is 6.92 Å². The van der Waals surface area contributed by atoms with E-state index in [2.05, 4.69) is 9.57 Å². The maximum absolute atomic E-state index is 10.1. The van der Waals surface area contributed by atoms with Crippen molar-refractivity contribution in [3.8, 4) is 0 Å². The molecular formula is C8H8N2O2S. The molecular weight excluding hydrogens is 188 g/mol. The highest BCUT2D eigenvalue weighted by molar-refractivity contribution is 7.61.